The van der Waals surface area contributed by atoms with Gasteiger partial charge in [0.1, 0.15) is 24.0 Å². The number of fused-ring (bicyclic) bond motifs is 1. The monoisotopic (exact) mass is 356 g/mol. The number of carbonyl (C=O) groups excluding carboxylic acids is 2. The fourth-order valence-electron chi connectivity index (χ4n) is 2.72. The highest BCUT2D eigenvalue weighted by molar-refractivity contribution is 6.23. The van der Waals surface area contributed by atoms with Crippen LogP contribution in [0.1, 0.15) is 26.3 Å². The Labute approximate surface area is 148 Å². The lowest BCUT2D eigenvalue weighted by atomic mass is 10.1. The number of hydrogen-bond donors (Lipinski definition) is 1. The molecule has 0 saturated heterocycles. The highest BCUT2D eigenvalue weighted by Gasteiger charge is 2.41. The van der Waals surface area contributed by atoms with Gasteiger partial charge in [0.15, 0.2) is 0 Å². The van der Waals surface area contributed by atoms with Gasteiger partial charge >= 0.3 is 0 Å². The van der Waals surface area contributed by atoms with Gasteiger partial charge < -0.3 is 9.84 Å². The molecule has 134 valence electrons. The standard InChI is InChI=1S/C18H16N2O6/c1-11-5-7-13(8-6-11)26-10-12(21)9-19-17(22)14-3-2-4-15(20(24)25)16(14)18(19)23/h2-8,12,21H,9-10H2,1H3. The number of rotatable bonds is 6. The van der Waals surface area contributed by atoms with E-state index in [9.17, 15) is 24.8 Å². The highest BCUT2D eigenvalue weighted by atomic mass is 16.6. The maximum absolute atomic E-state index is 12.4. The van der Waals surface area contributed by atoms with Crippen molar-refractivity contribution in [3.8, 4) is 5.75 Å². The molecule has 1 atom stereocenters. The van der Waals surface area contributed by atoms with Crippen molar-refractivity contribution in [2.45, 2.75) is 13.0 Å². The average Bonchev–Trinajstić information content (AvgIpc) is 2.86. The van der Waals surface area contributed by atoms with E-state index in [1.807, 2.05) is 19.1 Å². The fourth-order valence-corrected chi connectivity index (χ4v) is 2.72. The minimum absolute atomic E-state index is 0.0316. The summed E-state index contributed by atoms with van der Waals surface area (Å²) < 4.78 is 5.44. The van der Waals surface area contributed by atoms with Crippen molar-refractivity contribution in [1.82, 2.24) is 4.90 Å². The zero-order valence-corrected chi connectivity index (χ0v) is 13.9. The van der Waals surface area contributed by atoms with Gasteiger partial charge in [-0.25, -0.2) is 0 Å². The molecule has 1 N–H and O–H groups in total. The van der Waals surface area contributed by atoms with Crippen LogP contribution in [-0.2, 0) is 0 Å². The van der Waals surface area contributed by atoms with Crippen LogP contribution in [0.2, 0.25) is 0 Å². The summed E-state index contributed by atoms with van der Waals surface area (Å²) in [6.45, 7) is 1.49. The van der Waals surface area contributed by atoms with Crippen molar-refractivity contribution in [1.29, 1.82) is 0 Å². The third-order valence-electron chi connectivity index (χ3n) is 4.03. The molecule has 3 rings (SSSR count). The molecule has 0 radical (unpaired) electrons. The molecule has 0 spiro atoms. The maximum atomic E-state index is 12.4. The number of nitro benzene ring substituents is 1. The van der Waals surface area contributed by atoms with E-state index in [1.165, 1.54) is 18.2 Å². The molecule has 0 fully saturated rings. The van der Waals surface area contributed by atoms with E-state index in [-0.39, 0.29) is 24.3 Å². The van der Waals surface area contributed by atoms with Crippen LogP contribution in [0.3, 0.4) is 0 Å². The van der Waals surface area contributed by atoms with Crippen LogP contribution in [0, 0.1) is 17.0 Å². The Morgan fingerprint density at radius 3 is 2.50 bits per heavy atom. The lowest BCUT2D eigenvalue weighted by molar-refractivity contribution is -0.385. The number of benzene rings is 2. The van der Waals surface area contributed by atoms with Gasteiger partial charge in [-0.1, -0.05) is 23.8 Å². The second-order valence-electron chi connectivity index (χ2n) is 5.96. The van der Waals surface area contributed by atoms with Crippen LogP contribution in [0.15, 0.2) is 42.5 Å². The van der Waals surface area contributed by atoms with Gasteiger partial charge in [0.2, 0.25) is 0 Å². The average molecular weight is 356 g/mol. The Balaban J connectivity index is 1.69. The van der Waals surface area contributed by atoms with Crippen molar-refractivity contribution in [3.05, 3.63) is 69.3 Å². The summed E-state index contributed by atoms with van der Waals surface area (Å²) in [5.41, 5.74) is 0.365. The molecule has 8 nitrogen and oxygen atoms in total. The number of hydrogen-bond acceptors (Lipinski definition) is 6. The Bertz CT molecular complexity index is 878. The summed E-state index contributed by atoms with van der Waals surface area (Å²) in [5.74, 6) is -0.901. The summed E-state index contributed by atoms with van der Waals surface area (Å²) in [7, 11) is 0. The van der Waals surface area contributed by atoms with E-state index >= 15 is 0 Å². The van der Waals surface area contributed by atoms with Crippen LogP contribution < -0.4 is 4.74 Å². The number of ether oxygens (including phenoxy) is 1. The highest BCUT2D eigenvalue weighted by Crippen LogP contribution is 2.30. The first-order valence-corrected chi connectivity index (χ1v) is 7.89. The topological polar surface area (TPSA) is 110 Å². The molecule has 0 aliphatic carbocycles. The molecule has 0 bridgehead atoms. The number of nitro groups is 1. The summed E-state index contributed by atoms with van der Waals surface area (Å²) in [6.07, 6.45) is -1.13. The smallest absolute Gasteiger partial charge is 0.282 e. The van der Waals surface area contributed by atoms with Gasteiger partial charge in [0, 0.05) is 6.07 Å². The molecule has 2 aromatic rings. The quantitative estimate of drug-likeness (QED) is 0.481. The Kier molecular flexibility index (Phi) is 4.68. The number of amides is 2. The summed E-state index contributed by atoms with van der Waals surface area (Å²) in [4.78, 5) is 36.0. The Morgan fingerprint density at radius 1 is 1.15 bits per heavy atom. The van der Waals surface area contributed by atoms with Crippen LogP contribution in [0.4, 0.5) is 5.69 Å². The van der Waals surface area contributed by atoms with Gasteiger partial charge in [-0.3, -0.25) is 24.6 Å². The zero-order valence-electron chi connectivity index (χ0n) is 13.9. The van der Waals surface area contributed by atoms with Crippen LogP contribution in [0.25, 0.3) is 0 Å². The molecule has 1 aliphatic heterocycles. The lowest BCUT2D eigenvalue weighted by Crippen LogP contribution is -2.39. The van der Waals surface area contributed by atoms with E-state index in [4.69, 9.17) is 4.74 Å². The van der Waals surface area contributed by atoms with Crippen LogP contribution >= 0.6 is 0 Å². The minimum Gasteiger partial charge on any atom is -0.491 e. The number of aryl methyl sites for hydroxylation is 1. The number of aliphatic hydroxyl groups excluding tert-OH is 1. The van der Waals surface area contributed by atoms with Gasteiger partial charge in [0.25, 0.3) is 17.5 Å². The van der Waals surface area contributed by atoms with Crippen molar-refractivity contribution < 1.29 is 24.4 Å². The second-order valence-corrected chi connectivity index (χ2v) is 5.96. The zero-order chi connectivity index (χ0) is 18.8. The van der Waals surface area contributed by atoms with Gasteiger partial charge in [-0.2, -0.15) is 0 Å². The lowest BCUT2D eigenvalue weighted by Gasteiger charge is -2.18. The number of β-amino-alcohol motifs (C(OH)–C–C–N with tert-alkyl or cyclic N) is 1. The minimum atomic E-state index is -1.13. The Hall–Kier alpha value is -3.26. The van der Waals surface area contributed by atoms with Crippen molar-refractivity contribution in [3.63, 3.8) is 0 Å². The van der Waals surface area contributed by atoms with Crippen molar-refractivity contribution in [2.75, 3.05) is 13.2 Å². The molecule has 8 heteroatoms. The van der Waals surface area contributed by atoms with E-state index < -0.39 is 28.5 Å². The second kappa shape index (κ2) is 6.93. The van der Waals surface area contributed by atoms with Crippen LogP contribution in [-0.4, -0.2) is 46.0 Å². The van der Waals surface area contributed by atoms with Gasteiger partial charge in [0.05, 0.1) is 17.0 Å². The summed E-state index contributed by atoms with van der Waals surface area (Å²) >= 11 is 0. The molecule has 1 heterocycles. The number of imide groups is 1. The van der Waals surface area contributed by atoms with E-state index in [0.29, 0.717) is 5.75 Å². The van der Waals surface area contributed by atoms with Gasteiger partial charge in [-0.05, 0) is 25.1 Å². The summed E-state index contributed by atoms with van der Waals surface area (Å²) in [6, 6.07) is 11.1. The molecule has 1 unspecified atom stereocenters. The number of carbonyl (C=O) groups is 2. The van der Waals surface area contributed by atoms with Crippen molar-refractivity contribution in [2.24, 2.45) is 0 Å². The molecule has 26 heavy (non-hydrogen) atoms. The molecular weight excluding hydrogens is 340 g/mol. The number of aliphatic hydroxyl groups is 1. The molecule has 1 aliphatic rings. The Morgan fingerprint density at radius 2 is 1.85 bits per heavy atom. The SMILES string of the molecule is Cc1ccc(OCC(O)CN2C(=O)c3cccc([N+](=O)[O-])c3C2=O)cc1. The van der Waals surface area contributed by atoms with Crippen molar-refractivity contribution >= 4 is 17.5 Å². The third kappa shape index (κ3) is 3.27. The number of nitrogens with zero attached hydrogens (tertiary/aromatic N) is 2. The third-order valence-corrected chi connectivity index (χ3v) is 4.03. The summed E-state index contributed by atoms with van der Waals surface area (Å²) in [5, 5.41) is 21.2. The predicted molar refractivity (Wildman–Crippen MR) is 91.1 cm³/mol. The van der Waals surface area contributed by atoms with Gasteiger partial charge in [-0.15, -0.1) is 0 Å². The first kappa shape index (κ1) is 17.6. The van der Waals surface area contributed by atoms with E-state index in [2.05, 4.69) is 0 Å². The predicted octanol–water partition coefficient (Wildman–Crippen LogP) is 1.94. The molecule has 0 saturated carbocycles. The fraction of sp³-hybridized carbons (Fsp3) is 0.222. The molecular formula is C18H16N2O6. The van der Waals surface area contributed by atoms with Crippen LogP contribution in [0.5, 0.6) is 5.75 Å². The van der Waals surface area contributed by atoms with E-state index in [1.54, 1.807) is 12.1 Å². The molecule has 2 amide bonds. The normalized spacial score (nSPS) is 14.3. The maximum Gasteiger partial charge on any atom is 0.282 e. The molecule has 2 aromatic carbocycles. The largest absolute Gasteiger partial charge is 0.491 e. The van der Waals surface area contributed by atoms with E-state index in [0.717, 1.165) is 10.5 Å². The first-order valence-electron chi connectivity index (χ1n) is 7.89. The first-order chi connectivity index (χ1) is 12.4. The molecule has 0 aromatic heterocycles.